The lowest BCUT2D eigenvalue weighted by Gasteiger charge is -2.01. The van der Waals surface area contributed by atoms with Crippen molar-refractivity contribution < 1.29 is 8.42 Å². The van der Waals surface area contributed by atoms with E-state index in [1.165, 1.54) is 12.1 Å². The summed E-state index contributed by atoms with van der Waals surface area (Å²) in [5.41, 5.74) is 0. The van der Waals surface area contributed by atoms with Crippen molar-refractivity contribution in [2.75, 3.05) is 5.75 Å². The maximum Gasteiger partial charge on any atom is 0.178 e. The van der Waals surface area contributed by atoms with Crippen LogP contribution in [0, 0.1) is 0 Å². The number of benzene rings is 1. The fourth-order valence-electron chi connectivity index (χ4n) is 1.03. The summed E-state index contributed by atoms with van der Waals surface area (Å²) in [4.78, 5) is 0.346. The molecule has 0 fully saturated rings. The van der Waals surface area contributed by atoms with Gasteiger partial charge in [-0.3, -0.25) is 0 Å². The number of hydrogen-bond acceptors (Lipinski definition) is 2. The van der Waals surface area contributed by atoms with E-state index in [4.69, 9.17) is 11.6 Å². The van der Waals surface area contributed by atoms with Gasteiger partial charge in [-0.1, -0.05) is 18.5 Å². The zero-order valence-electron chi connectivity index (χ0n) is 7.33. The predicted molar refractivity (Wildman–Crippen MR) is 53.8 cm³/mol. The SMILES string of the molecule is CCCS(=O)(=O)c1ccc(Cl)cc1. The first kappa shape index (κ1) is 10.5. The predicted octanol–water partition coefficient (Wildman–Crippen LogP) is 2.52. The van der Waals surface area contributed by atoms with Gasteiger partial charge in [0.2, 0.25) is 0 Å². The number of hydrogen-bond donors (Lipinski definition) is 0. The van der Waals surface area contributed by atoms with Crippen molar-refractivity contribution in [2.24, 2.45) is 0 Å². The van der Waals surface area contributed by atoms with Gasteiger partial charge >= 0.3 is 0 Å². The molecule has 0 N–H and O–H groups in total. The van der Waals surface area contributed by atoms with Crippen LogP contribution < -0.4 is 0 Å². The monoisotopic (exact) mass is 218 g/mol. The van der Waals surface area contributed by atoms with Crippen molar-refractivity contribution in [3.8, 4) is 0 Å². The standard InChI is InChI=1S/C9H11ClO2S/c1-2-7-13(11,12)9-5-3-8(10)4-6-9/h3-6H,2,7H2,1H3. The van der Waals surface area contributed by atoms with Crippen LogP contribution in [0.2, 0.25) is 5.02 Å². The fraction of sp³-hybridized carbons (Fsp3) is 0.333. The molecule has 0 aliphatic heterocycles. The van der Waals surface area contributed by atoms with Crippen molar-refractivity contribution in [3.63, 3.8) is 0 Å². The average Bonchev–Trinajstić information content (AvgIpc) is 2.05. The van der Waals surface area contributed by atoms with Crippen LogP contribution in [0.15, 0.2) is 29.2 Å². The van der Waals surface area contributed by atoms with Gasteiger partial charge in [0, 0.05) is 5.02 Å². The quantitative estimate of drug-likeness (QED) is 0.782. The third-order valence-corrected chi connectivity index (χ3v) is 3.83. The van der Waals surface area contributed by atoms with Crippen LogP contribution in [0.4, 0.5) is 0 Å². The molecular formula is C9H11ClO2S. The van der Waals surface area contributed by atoms with E-state index in [9.17, 15) is 8.42 Å². The normalized spacial score (nSPS) is 11.5. The van der Waals surface area contributed by atoms with E-state index in [1.807, 2.05) is 6.92 Å². The van der Waals surface area contributed by atoms with Crippen molar-refractivity contribution in [3.05, 3.63) is 29.3 Å². The second-order valence-corrected chi connectivity index (χ2v) is 5.32. The Balaban J connectivity index is 3.02. The van der Waals surface area contributed by atoms with E-state index in [0.29, 0.717) is 16.3 Å². The van der Waals surface area contributed by atoms with Crippen molar-refractivity contribution >= 4 is 21.4 Å². The summed E-state index contributed by atoms with van der Waals surface area (Å²) in [6, 6.07) is 6.24. The minimum Gasteiger partial charge on any atom is -0.224 e. The Morgan fingerprint density at radius 3 is 2.23 bits per heavy atom. The molecule has 72 valence electrons. The van der Waals surface area contributed by atoms with Crippen LogP contribution >= 0.6 is 11.6 Å². The molecule has 0 aliphatic rings. The van der Waals surface area contributed by atoms with Crippen LogP contribution in [0.1, 0.15) is 13.3 Å². The van der Waals surface area contributed by atoms with E-state index in [2.05, 4.69) is 0 Å². The van der Waals surface area contributed by atoms with Gasteiger partial charge < -0.3 is 0 Å². The Hall–Kier alpha value is -0.540. The minimum atomic E-state index is -3.09. The molecule has 0 atom stereocenters. The molecule has 1 aromatic rings. The van der Waals surface area contributed by atoms with Crippen LogP contribution in [-0.4, -0.2) is 14.2 Å². The molecular weight excluding hydrogens is 208 g/mol. The van der Waals surface area contributed by atoms with Gasteiger partial charge in [-0.2, -0.15) is 0 Å². The Kier molecular flexibility index (Phi) is 3.33. The molecule has 0 amide bonds. The number of halogens is 1. The highest BCUT2D eigenvalue weighted by molar-refractivity contribution is 7.91. The average molecular weight is 219 g/mol. The molecule has 0 aliphatic carbocycles. The molecule has 0 bridgehead atoms. The molecule has 2 nitrogen and oxygen atoms in total. The van der Waals surface area contributed by atoms with Gasteiger partial charge in [-0.05, 0) is 30.7 Å². The third-order valence-electron chi connectivity index (χ3n) is 1.65. The summed E-state index contributed by atoms with van der Waals surface area (Å²) in [5, 5.41) is 0.551. The zero-order valence-corrected chi connectivity index (χ0v) is 8.90. The molecule has 13 heavy (non-hydrogen) atoms. The Labute approximate surface area is 83.5 Å². The molecule has 0 saturated carbocycles. The fourth-order valence-corrected chi connectivity index (χ4v) is 2.48. The maximum atomic E-state index is 11.5. The molecule has 0 spiro atoms. The summed E-state index contributed by atoms with van der Waals surface area (Å²) in [7, 11) is -3.09. The first-order valence-electron chi connectivity index (χ1n) is 4.04. The molecule has 1 aromatic carbocycles. The van der Waals surface area contributed by atoms with Gasteiger partial charge in [0.25, 0.3) is 0 Å². The summed E-state index contributed by atoms with van der Waals surface area (Å²) in [6.45, 7) is 1.84. The summed E-state index contributed by atoms with van der Waals surface area (Å²) >= 11 is 5.64. The number of sulfone groups is 1. The van der Waals surface area contributed by atoms with E-state index in [-0.39, 0.29) is 5.75 Å². The van der Waals surface area contributed by atoms with E-state index < -0.39 is 9.84 Å². The van der Waals surface area contributed by atoms with Crippen LogP contribution in [0.3, 0.4) is 0 Å². The van der Waals surface area contributed by atoms with Crippen LogP contribution in [-0.2, 0) is 9.84 Å². The lowest BCUT2D eigenvalue weighted by molar-refractivity contribution is 0.594. The Morgan fingerprint density at radius 2 is 1.77 bits per heavy atom. The first-order chi connectivity index (χ1) is 6.06. The molecule has 0 radical (unpaired) electrons. The maximum absolute atomic E-state index is 11.5. The van der Waals surface area contributed by atoms with Gasteiger partial charge in [0.1, 0.15) is 0 Å². The van der Waals surface area contributed by atoms with Gasteiger partial charge in [-0.25, -0.2) is 8.42 Å². The van der Waals surface area contributed by atoms with Crippen molar-refractivity contribution in [1.82, 2.24) is 0 Å². The van der Waals surface area contributed by atoms with Crippen LogP contribution in [0.5, 0.6) is 0 Å². The highest BCUT2D eigenvalue weighted by Crippen LogP contribution is 2.15. The molecule has 0 heterocycles. The molecule has 0 unspecified atom stereocenters. The Morgan fingerprint density at radius 1 is 1.23 bits per heavy atom. The lowest BCUT2D eigenvalue weighted by Crippen LogP contribution is -2.05. The number of rotatable bonds is 3. The van der Waals surface area contributed by atoms with E-state index in [1.54, 1.807) is 12.1 Å². The van der Waals surface area contributed by atoms with Gasteiger partial charge in [0.05, 0.1) is 10.6 Å². The highest BCUT2D eigenvalue weighted by atomic mass is 35.5. The summed E-state index contributed by atoms with van der Waals surface area (Å²) in [6.07, 6.45) is 0.630. The smallest absolute Gasteiger partial charge is 0.178 e. The lowest BCUT2D eigenvalue weighted by atomic mass is 10.4. The summed E-state index contributed by atoms with van der Waals surface area (Å²) < 4.78 is 23.0. The van der Waals surface area contributed by atoms with Crippen LogP contribution in [0.25, 0.3) is 0 Å². The van der Waals surface area contributed by atoms with Gasteiger partial charge in [0.15, 0.2) is 9.84 Å². The second-order valence-electron chi connectivity index (χ2n) is 2.77. The highest BCUT2D eigenvalue weighted by Gasteiger charge is 2.11. The summed E-state index contributed by atoms with van der Waals surface area (Å²) in [5.74, 6) is 0.189. The van der Waals surface area contributed by atoms with Crippen molar-refractivity contribution in [2.45, 2.75) is 18.2 Å². The molecule has 0 saturated heterocycles. The minimum absolute atomic E-state index is 0.189. The van der Waals surface area contributed by atoms with Crippen molar-refractivity contribution in [1.29, 1.82) is 0 Å². The molecule has 4 heteroatoms. The molecule has 0 aromatic heterocycles. The topological polar surface area (TPSA) is 34.1 Å². The molecule has 1 rings (SSSR count). The Bertz CT molecular complexity index is 367. The van der Waals surface area contributed by atoms with Gasteiger partial charge in [-0.15, -0.1) is 0 Å². The third kappa shape index (κ3) is 2.71. The van der Waals surface area contributed by atoms with E-state index >= 15 is 0 Å². The first-order valence-corrected chi connectivity index (χ1v) is 6.07. The second kappa shape index (κ2) is 4.11. The largest absolute Gasteiger partial charge is 0.224 e. The zero-order chi connectivity index (χ0) is 9.90. The van der Waals surface area contributed by atoms with E-state index in [0.717, 1.165) is 0 Å².